The summed E-state index contributed by atoms with van der Waals surface area (Å²) in [5, 5.41) is 0. The van der Waals surface area contributed by atoms with Crippen LogP contribution in [0.4, 0.5) is 0 Å². The molecule has 0 saturated heterocycles. The average Bonchev–Trinajstić information content (AvgIpc) is 2.36. The summed E-state index contributed by atoms with van der Waals surface area (Å²) in [5.74, 6) is -0.546. The number of benzene rings is 1. The molecule has 0 fully saturated rings. The van der Waals surface area contributed by atoms with Crippen molar-refractivity contribution in [3.8, 4) is 0 Å². The molecule has 4 nitrogen and oxygen atoms in total. The van der Waals surface area contributed by atoms with Crippen LogP contribution in [0.3, 0.4) is 0 Å². The number of hydrogen-bond acceptors (Lipinski definition) is 3. The van der Waals surface area contributed by atoms with Gasteiger partial charge in [0.25, 0.3) is 15.9 Å². The van der Waals surface area contributed by atoms with E-state index < -0.39 is 15.9 Å². The van der Waals surface area contributed by atoms with Crippen LogP contribution in [0.5, 0.6) is 0 Å². The highest BCUT2D eigenvalue weighted by atomic mass is 32.2. The molecular formula is C9H7NO3S. The fourth-order valence-corrected chi connectivity index (χ4v) is 2.79. The zero-order chi connectivity index (χ0) is 10.3. The summed E-state index contributed by atoms with van der Waals surface area (Å²) in [5.41, 5.74) is 0.201. The molecule has 0 unspecified atom stereocenters. The van der Waals surface area contributed by atoms with E-state index in [0.717, 1.165) is 6.20 Å². The largest absolute Gasteiger partial charge is 0.273 e. The first-order valence-electron chi connectivity index (χ1n) is 3.89. The van der Waals surface area contributed by atoms with Crippen molar-refractivity contribution in [1.82, 2.24) is 4.31 Å². The maximum absolute atomic E-state index is 11.7. The molecule has 72 valence electrons. The van der Waals surface area contributed by atoms with Crippen LogP contribution in [0.1, 0.15) is 10.4 Å². The summed E-state index contributed by atoms with van der Waals surface area (Å²) in [6.45, 7) is 3.30. The van der Waals surface area contributed by atoms with Crippen LogP contribution in [0, 0.1) is 0 Å². The van der Waals surface area contributed by atoms with E-state index in [-0.39, 0.29) is 10.5 Å². The third-order valence-electron chi connectivity index (χ3n) is 2.02. The molecule has 0 spiro atoms. The van der Waals surface area contributed by atoms with Crippen LogP contribution in [0.25, 0.3) is 0 Å². The first kappa shape index (κ1) is 8.96. The van der Waals surface area contributed by atoms with E-state index in [1.54, 1.807) is 12.1 Å². The molecule has 0 radical (unpaired) electrons. The predicted molar refractivity (Wildman–Crippen MR) is 50.0 cm³/mol. The fourth-order valence-electron chi connectivity index (χ4n) is 1.38. The van der Waals surface area contributed by atoms with Crippen molar-refractivity contribution in [2.24, 2.45) is 0 Å². The van der Waals surface area contributed by atoms with Gasteiger partial charge in [0.05, 0.1) is 5.56 Å². The number of amides is 1. The molecule has 5 heteroatoms. The lowest BCUT2D eigenvalue weighted by atomic mass is 10.2. The number of hydrogen-bond donors (Lipinski definition) is 0. The summed E-state index contributed by atoms with van der Waals surface area (Å²) >= 11 is 0. The molecule has 14 heavy (non-hydrogen) atoms. The lowest BCUT2D eigenvalue weighted by Gasteiger charge is -2.06. The Morgan fingerprint density at radius 1 is 1.29 bits per heavy atom. The Hall–Kier alpha value is -1.62. The smallest absolute Gasteiger partial charge is 0.268 e. The van der Waals surface area contributed by atoms with Crippen molar-refractivity contribution < 1.29 is 13.2 Å². The van der Waals surface area contributed by atoms with Crippen LogP contribution < -0.4 is 0 Å². The number of nitrogens with zero attached hydrogens (tertiary/aromatic N) is 1. The Balaban J connectivity index is 2.80. The van der Waals surface area contributed by atoms with Gasteiger partial charge in [-0.3, -0.25) is 4.79 Å². The highest BCUT2D eigenvalue weighted by Gasteiger charge is 2.39. The van der Waals surface area contributed by atoms with Crippen molar-refractivity contribution in [2.75, 3.05) is 0 Å². The first-order valence-corrected chi connectivity index (χ1v) is 5.33. The molecule has 1 aliphatic heterocycles. The van der Waals surface area contributed by atoms with Crippen LogP contribution in [-0.4, -0.2) is 18.6 Å². The van der Waals surface area contributed by atoms with Crippen molar-refractivity contribution in [3.05, 3.63) is 42.6 Å². The van der Waals surface area contributed by atoms with E-state index in [9.17, 15) is 13.2 Å². The van der Waals surface area contributed by atoms with Gasteiger partial charge >= 0.3 is 0 Å². The van der Waals surface area contributed by atoms with Crippen molar-refractivity contribution in [2.45, 2.75) is 4.90 Å². The Morgan fingerprint density at radius 3 is 2.50 bits per heavy atom. The Kier molecular flexibility index (Phi) is 1.72. The van der Waals surface area contributed by atoms with E-state index in [1.807, 2.05) is 0 Å². The maximum atomic E-state index is 11.7. The van der Waals surface area contributed by atoms with Gasteiger partial charge in [-0.25, -0.2) is 12.7 Å². The zero-order valence-corrected chi connectivity index (χ0v) is 7.99. The first-order chi connectivity index (χ1) is 6.59. The summed E-state index contributed by atoms with van der Waals surface area (Å²) in [4.78, 5) is 11.6. The van der Waals surface area contributed by atoms with Gasteiger partial charge in [-0.15, -0.1) is 0 Å². The zero-order valence-electron chi connectivity index (χ0n) is 7.17. The Morgan fingerprint density at radius 2 is 1.93 bits per heavy atom. The minimum atomic E-state index is -3.68. The molecule has 0 bridgehead atoms. The Bertz CT molecular complexity index is 519. The topological polar surface area (TPSA) is 54.5 Å². The molecule has 1 amide bonds. The lowest BCUT2D eigenvalue weighted by molar-refractivity contribution is 0.0906. The lowest BCUT2D eigenvalue weighted by Crippen LogP contribution is -2.23. The highest BCUT2D eigenvalue weighted by molar-refractivity contribution is 7.90. The summed E-state index contributed by atoms with van der Waals surface area (Å²) in [7, 11) is -3.68. The number of sulfonamides is 1. The van der Waals surface area contributed by atoms with Crippen molar-refractivity contribution in [3.63, 3.8) is 0 Å². The summed E-state index contributed by atoms with van der Waals surface area (Å²) in [6.07, 6.45) is 1.01. The monoisotopic (exact) mass is 209 g/mol. The molecule has 1 aromatic rings. The normalized spacial score (nSPS) is 18.0. The Labute approximate surface area is 81.5 Å². The second-order valence-electron chi connectivity index (χ2n) is 2.78. The van der Waals surface area contributed by atoms with Crippen LogP contribution in [0.2, 0.25) is 0 Å². The second-order valence-corrected chi connectivity index (χ2v) is 4.57. The minimum absolute atomic E-state index is 0.0462. The predicted octanol–water partition coefficient (Wildman–Crippen LogP) is 0.975. The average molecular weight is 209 g/mol. The molecule has 0 aliphatic carbocycles. The van der Waals surface area contributed by atoms with E-state index in [1.165, 1.54) is 12.1 Å². The van der Waals surface area contributed by atoms with E-state index in [0.29, 0.717) is 4.31 Å². The van der Waals surface area contributed by atoms with Crippen molar-refractivity contribution >= 4 is 15.9 Å². The van der Waals surface area contributed by atoms with Gasteiger partial charge in [0.15, 0.2) is 0 Å². The molecule has 1 heterocycles. The van der Waals surface area contributed by atoms with Crippen LogP contribution >= 0.6 is 0 Å². The van der Waals surface area contributed by atoms with E-state index in [2.05, 4.69) is 6.58 Å². The number of carbonyl (C=O) groups excluding carboxylic acids is 1. The standard InChI is InChI=1S/C9H7NO3S/c1-2-10-9(11)7-5-3-4-6-8(7)14(10,12)13/h2-6H,1H2. The number of fused-ring (bicyclic) bond motifs is 1. The molecule has 2 rings (SSSR count). The SMILES string of the molecule is C=CN1C(=O)c2ccccc2S1(=O)=O. The quantitative estimate of drug-likeness (QED) is 0.692. The van der Waals surface area contributed by atoms with Gasteiger partial charge in [0.2, 0.25) is 0 Å². The molecule has 0 saturated carbocycles. The van der Waals surface area contributed by atoms with Gasteiger partial charge < -0.3 is 0 Å². The number of carbonyl (C=O) groups is 1. The molecule has 0 aromatic heterocycles. The minimum Gasteiger partial charge on any atom is -0.268 e. The van der Waals surface area contributed by atoms with E-state index in [4.69, 9.17) is 0 Å². The van der Waals surface area contributed by atoms with Gasteiger partial charge in [-0.2, -0.15) is 0 Å². The third kappa shape index (κ3) is 0.927. The molecule has 1 aromatic carbocycles. The fraction of sp³-hybridized carbons (Fsp3) is 0. The maximum Gasteiger partial charge on any atom is 0.273 e. The number of rotatable bonds is 1. The van der Waals surface area contributed by atoms with E-state index >= 15 is 0 Å². The van der Waals surface area contributed by atoms with Gasteiger partial charge in [0.1, 0.15) is 4.90 Å². The highest BCUT2D eigenvalue weighted by Crippen LogP contribution is 2.29. The molecule has 0 N–H and O–H groups in total. The van der Waals surface area contributed by atoms with Gasteiger partial charge in [-0.1, -0.05) is 18.7 Å². The van der Waals surface area contributed by atoms with Crippen LogP contribution in [0.15, 0.2) is 41.9 Å². The van der Waals surface area contributed by atoms with Gasteiger partial charge in [-0.05, 0) is 12.1 Å². The summed E-state index contributed by atoms with van der Waals surface area (Å²) < 4.78 is 24.0. The van der Waals surface area contributed by atoms with Crippen LogP contribution in [-0.2, 0) is 10.0 Å². The second kappa shape index (κ2) is 2.68. The molecular weight excluding hydrogens is 202 g/mol. The molecule has 1 aliphatic rings. The molecule has 0 atom stereocenters. The summed E-state index contributed by atoms with van der Waals surface area (Å²) in [6, 6.07) is 6.10. The van der Waals surface area contributed by atoms with Gasteiger partial charge in [0, 0.05) is 6.20 Å². The third-order valence-corrected chi connectivity index (χ3v) is 3.76. The van der Waals surface area contributed by atoms with Crippen molar-refractivity contribution in [1.29, 1.82) is 0 Å².